The predicted octanol–water partition coefficient (Wildman–Crippen LogP) is -0.440. The molecule has 5 heteroatoms. The van der Waals surface area contributed by atoms with Gasteiger partial charge in [0.25, 0.3) is 0 Å². The quantitative estimate of drug-likeness (QED) is 0.587. The Kier molecular flexibility index (Phi) is 4.14. The molecule has 5 nitrogen and oxygen atoms in total. The van der Waals surface area contributed by atoms with Crippen molar-refractivity contribution >= 4 is 5.91 Å². The first-order valence-corrected chi connectivity index (χ1v) is 4.45. The summed E-state index contributed by atoms with van der Waals surface area (Å²) in [6.45, 7) is 2.67. The van der Waals surface area contributed by atoms with E-state index in [1.807, 2.05) is 6.92 Å². The molecule has 13 heavy (non-hydrogen) atoms. The smallest absolute Gasteiger partial charge is 0.245 e. The van der Waals surface area contributed by atoms with Gasteiger partial charge < -0.3 is 10.5 Å². The van der Waals surface area contributed by atoms with E-state index in [2.05, 4.69) is 5.48 Å². The van der Waals surface area contributed by atoms with Crippen molar-refractivity contribution in [2.75, 3.05) is 13.2 Å². The fourth-order valence-electron chi connectivity index (χ4n) is 1.34. The van der Waals surface area contributed by atoms with Gasteiger partial charge in [0.05, 0.1) is 6.10 Å². The van der Waals surface area contributed by atoms with E-state index >= 15 is 0 Å². The highest BCUT2D eigenvalue weighted by molar-refractivity contribution is 5.74. The molecule has 0 radical (unpaired) electrons. The summed E-state index contributed by atoms with van der Waals surface area (Å²) < 4.78 is 5.35. The van der Waals surface area contributed by atoms with E-state index in [4.69, 9.17) is 15.3 Å². The fraction of sp³-hybridized carbons (Fsp3) is 0.875. The lowest BCUT2D eigenvalue weighted by Gasteiger charge is -2.27. The number of hydrogen-bond donors (Lipinski definition) is 2. The van der Waals surface area contributed by atoms with Gasteiger partial charge in [0, 0.05) is 12.6 Å². The Morgan fingerprint density at radius 3 is 3.15 bits per heavy atom. The Hall–Kier alpha value is -0.650. The SMILES string of the molecule is CC1CC(NOCC(N)=O)CCO1. The van der Waals surface area contributed by atoms with Gasteiger partial charge in [-0.05, 0) is 19.8 Å². The number of primary amides is 1. The third-order valence-corrected chi connectivity index (χ3v) is 1.95. The maximum Gasteiger partial charge on any atom is 0.245 e. The van der Waals surface area contributed by atoms with Gasteiger partial charge in [-0.15, -0.1) is 0 Å². The summed E-state index contributed by atoms with van der Waals surface area (Å²) in [5.41, 5.74) is 7.71. The van der Waals surface area contributed by atoms with E-state index < -0.39 is 5.91 Å². The van der Waals surface area contributed by atoms with Crippen LogP contribution in [0.2, 0.25) is 0 Å². The standard InChI is InChI=1S/C8H16N2O3/c1-6-4-7(2-3-12-6)10-13-5-8(9)11/h6-7,10H,2-5H2,1H3,(H2,9,11). The van der Waals surface area contributed by atoms with Crippen LogP contribution in [0.1, 0.15) is 19.8 Å². The molecule has 0 spiro atoms. The molecular formula is C8H16N2O3. The van der Waals surface area contributed by atoms with Crippen LogP contribution in [0.3, 0.4) is 0 Å². The van der Waals surface area contributed by atoms with Crippen molar-refractivity contribution in [3.05, 3.63) is 0 Å². The van der Waals surface area contributed by atoms with Crippen molar-refractivity contribution in [3.63, 3.8) is 0 Å². The summed E-state index contributed by atoms with van der Waals surface area (Å²) in [7, 11) is 0. The van der Waals surface area contributed by atoms with Gasteiger partial charge in [-0.3, -0.25) is 9.63 Å². The number of hydroxylamine groups is 1. The number of ether oxygens (including phenoxy) is 1. The van der Waals surface area contributed by atoms with Crippen LogP contribution >= 0.6 is 0 Å². The average molecular weight is 188 g/mol. The number of nitrogens with two attached hydrogens (primary N) is 1. The Bertz CT molecular complexity index is 175. The van der Waals surface area contributed by atoms with Gasteiger partial charge in [-0.25, -0.2) is 0 Å². The molecule has 1 rings (SSSR count). The van der Waals surface area contributed by atoms with E-state index in [9.17, 15) is 4.79 Å². The number of amides is 1. The summed E-state index contributed by atoms with van der Waals surface area (Å²) >= 11 is 0. The molecule has 0 bridgehead atoms. The van der Waals surface area contributed by atoms with Gasteiger partial charge in [0.15, 0.2) is 0 Å². The van der Waals surface area contributed by atoms with Crippen LogP contribution in [0.5, 0.6) is 0 Å². The maximum atomic E-state index is 10.3. The summed E-state index contributed by atoms with van der Waals surface area (Å²) in [6, 6.07) is 0.267. The molecule has 0 aliphatic carbocycles. The van der Waals surface area contributed by atoms with Gasteiger partial charge in [0.1, 0.15) is 6.61 Å². The van der Waals surface area contributed by atoms with Crippen LogP contribution < -0.4 is 11.2 Å². The summed E-state index contributed by atoms with van der Waals surface area (Å²) in [5, 5.41) is 0. The molecule has 1 fully saturated rings. The topological polar surface area (TPSA) is 73.6 Å². The van der Waals surface area contributed by atoms with Crippen molar-refractivity contribution in [2.24, 2.45) is 5.73 Å². The maximum absolute atomic E-state index is 10.3. The minimum absolute atomic E-state index is 0.0776. The zero-order valence-electron chi connectivity index (χ0n) is 7.79. The van der Waals surface area contributed by atoms with Crippen LogP contribution in [-0.4, -0.2) is 31.3 Å². The number of hydrogen-bond acceptors (Lipinski definition) is 4. The molecule has 1 saturated heterocycles. The van der Waals surface area contributed by atoms with E-state index in [1.54, 1.807) is 0 Å². The molecule has 0 aromatic rings. The van der Waals surface area contributed by atoms with Gasteiger partial charge in [-0.2, -0.15) is 5.48 Å². The normalized spacial score (nSPS) is 28.7. The molecule has 0 aromatic carbocycles. The van der Waals surface area contributed by atoms with Crippen LogP contribution in [0.25, 0.3) is 0 Å². The summed E-state index contributed by atoms with van der Waals surface area (Å²) in [6.07, 6.45) is 2.06. The third-order valence-electron chi connectivity index (χ3n) is 1.95. The Balaban J connectivity index is 2.10. The van der Waals surface area contributed by atoms with Crippen molar-refractivity contribution in [1.82, 2.24) is 5.48 Å². The molecule has 2 unspecified atom stereocenters. The number of rotatable bonds is 4. The lowest BCUT2D eigenvalue weighted by Crippen LogP contribution is -2.39. The van der Waals surface area contributed by atoms with Crippen LogP contribution in [0, 0.1) is 0 Å². The van der Waals surface area contributed by atoms with E-state index in [-0.39, 0.29) is 18.8 Å². The molecule has 3 N–H and O–H groups in total. The van der Waals surface area contributed by atoms with E-state index in [1.165, 1.54) is 0 Å². The zero-order valence-corrected chi connectivity index (χ0v) is 7.79. The first-order valence-electron chi connectivity index (χ1n) is 4.45. The minimum Gasteiger partial charge on any atom is -0.378 e. The fourth-order valence-corrected chi connectivity index (χ4v) is 1.34. The van der Waals surface area contributed by atoms with E-state index in [0.29, 0.717) is 0 Å². The van der Waals surface area contributed by atoms with Crippen molar-refractivity contribution in [1.29, 1.82) is 0 Å². The van der Waals surface area contributed by atoms with Crippen LogP contribution in [0.15, 0.2) is 0 Å². The monoisotopic (exact) mass is 188 g/mol. The van der Waals surface area contributed by atoms with Crippen LogP contribution in [-0.2, 0) is 14.4 Å². The zero-order chi connectivity index (χ0) is 9.68. The molecule has 76 valence electrons. The second-order valence-electron chi connectivity index (χ2n) is 3.28. The molecule has 0 aromatic heterocycles. The molecule has 2 atom stereocenters. The van der Waals surface area contributed by atoms with Crippen LogP contribution in [0.4, 0.5) is 0 Å². The molecule has 0 saturated carbocycles. The molecule has 1 aliphatic heterocycles. The molecule has 1 amide bonds. The number of carbonyl (C=O) groups excluding carboxylic acids is 1. The Labute approximate surface area is 77.5 Å². The first-order chi connectivity index (χ1) is 6.18. The lowest BCUT2D eigenvalue weighted by atomic mass is 10.1. The minimum atomic E-state index is -0.465. The third kappa shape index (κ3) is 4.21. The van der Waals surface area contributed by atoms with Gasteiger partial charge in [-0.1, -0.05) is 0 Å². The van der Waals surface area contributed by atoms with Crippen molar-refractivity contribution in [3.8, 4) is 0 Å². The lowest BCUT2D eigenvalue weighted by molar-refractivity contribution is -0.127. The Morgan fingerprint density at radius 2 is 2.54 bits per heavy atom. The number of nitrogens with one attached hydrogen (secondary N) is 1. The molecule has 1 heterocycles. The second-order valence-corrected chi connectivity index (χ2v) is 3.28. The summed E-state index contributed by atoms with van der Waals surface area (Å²) in [4.78, 5) is 15.2. The summed E-state index contributed by atoms with van der Waals surface area (Å²) in [5.74, 6) is -0.465. The molecule has 1 aliphatic rings. The molecular weight excluding hydrogens is 172 g/mol. The number of carbonyl (C=O) groups is 1. The highest BCUT2D eigenvalue weighted by Crippen LogP contribution is 2.12. The second kappa shape index (κ2) is 5.16. The van der Waals surface area contributed by atoms with Crippen molar-refractivity contribution in [2.45, 2.75) is 31.9 Å². The average Bonchev–Trinajstić information content (AvgIpc) is 2.03. The Morgan fingerprint density at radius 1 is 1.77 bits per heavy atom. The predicted molar refractivity (Wildman–Crippen MR) is 46.7 cm³/mol. The highest BCUT2D eigenvalue weighted by atomic mass is 16.6. The van der Waals surface area contributed by atoms with Crippen molar-refractivity contribution < 1.29 is 14.4 Å². The van der Waals surface area contributed by atoms with Gasteiger partial charge in [0.2, 0.25) is 5.91 Å². The first kappa shape index (κ1) is 10.4. The van der Waals surface area contributed by atoms with E-state index in [0.717, 1.165) is 19.4 Å². The largest absolute Gasteiger partial charge is 0.378 e. The van der Waals surface area contributed by atoms with Gasteiger partial charge >= 0.3 is 0 Å². The highest BCUT2D eigenvalue weighted by Gasteiger charge is 2.18.